The lowest BCUT2D eigenvalue weighted by atomic mass is 10.2. The number of hydrogen-bond donors (Lipinski definition) is 1. The summed E-state index contributed by atoms with van der Waals surface area (Å²) in [6, 6.07) is 3.99. The Bertz CT molecular complexity index is 635. The Hall–Kier alpha value is -1.61. The molecule has 2 aromatic rings. The van der Waals surface area contributed by atoms with Crippen molar-refractivity contribution in [1.29, 1.82) is 0 Å². The van der Waals surface area contributed by atoms with Crippen LogP contribution in [0.1, 0.15) is 22.4 Å². The number of thiophene rings is 2. The summed E-state index contributed by atoms with van der Waals surface area (Å²) in [6.07, 6.45) is 0.944. The topological polar surface area (TPSA) is 40.5 Å². The molecular weight excluding hydrogens is 302 g/mol. The summed E-state index contributed by atoms with van der Waals surface area (Å²) < 4.78 is 0. The Morgan fingerprint density at radius 2 is 2.24 bits per heavy atom. The molecule has 0 aliphatic carbocycles. The maximum absolute atomic E-state index is 12.1. The first-order chi connectivity index (χ1) is 10.2. The predicted molar refractivity (Wildman–Crippen MR) is 87.4 cm³/mol. The molecule has 110 valence electrons. The Labute approximate surface area is 132 Å². The number of likely N-dealkylation sites (N-methyl/N-ethyl adjacent to an activating group) is 1. The van der Waals surface area contributed by atoms with Gasteiger partial charge in [-0.15, -0.1) is 11.3 Å². The van der Waals surface area contributed by atoms with Crippen LogP contribution in [0.2, 0.25) is 0 Å². The van der Waals surface area contributed by atoms with E-state index in [1.54, 1.807) is 27.6 Å². The largest absolute Gasteiger partial charge is 0.395 e. The van der Waals surface area contributed by atoms with E-state index in [1.165, 1.54) is 0 Å². The van der Waals surface area contributed by atoms with Crippen molar-refractivity contribution in [3.05, 3.63) is 44.3 Å². The third-order valence-electron chi connectivity index (χ3n) is 2.88. The SMILES string of the molecule is CN(Cc1csc(C#CCCO)c1)C(=O)Cc1ccsc1. The average Bonchev–Trinajstić information content (AvgIpc) is 3.11. The van der Waals surface area contributed by atoms with Gasteiger partial charge in [-0.25, -0.2) is 0 Å². The van der Waals surface area contributed by atoms with Gasteiger partial charge in [-0.05, 0) is 39.4 Å². The molecule has 0 aliphatic rings. The summed E-state index contributed by atoms with van der Waals surface area (Å²) >= 11 is 3.18. The van der Waals surface area contributed by atoms with Gasteiger partial charge in [-0.3, -0.25) is 4.79 Å². The van der Waals surface area contributed by atoms with Crippen molar-refractivity contribution in [2.45, 2.75) is 19.4 Å². The molecule has 2 rings (SSSR count). The first kappa shape index (κ1) is 15.8. The first-order valence-electron chi connectivity index (χ1n) is 6.61. The minimum absolute atomic E-state index is 0.0883. The fourth-order valence-corrected chi connectivity index (χ4v) is 3.23. The number of aliphatic hydroxyl groups is 1. The Balaban J connectivity index is 1.89. The molecule has 0 bridgehead atoms. The maximum Gasteiger partial charge on any atom is 0.227 e. The molecule has 0 aromatic carbocycles. The highest BCUT2D eigenvalue weighted by Crippen LogP contribution is 2.16. The van der Waals surface area contributed by atoms with Gasteiger partial charge in [0.15, 0.2) is 0 Å². The number of nitrogens with zero attached hydrogens (tertiary/aromatic N) is 1. The van der Waals surface area contributed by atoms with Gasteiger partial charge in [0.1, 0.15) is 0 Å². The molecule has 0 aliphatic heterocycles. The molecule has 1 N–H and O–H groups in total. The number of carbonyl (C=O) groups excluding carboxylic acids is 1. The van der Waals surface area contributed by atoms with Crippen LogP contribution in [-0.4, -0.2) is 29.6 Å². The second-order valence-electron chi connectivity index (χ2n) is 4.65. The molecule has 0 radical (unpaired) electrons. The average molecular weight is 319 g/mol. The lowest BCUT2D eigenvalue weighted by Gasteiger charge is -2.15. The fourth-order valence-electron chi connectivity index (χ4n) is 1.79. The van der Waals surface area contributed by atoms with Crippen LogP contribution in [0.3, 0.4) is 0 Å². The Kier molecular flexibility index (Phi) is 6.00. The standard InChI is InChI=1S/C16H17NO2S2/c1-17(16(19)9-13-5-7-20-11-13)10-14-8-15(21-12-14)4-2-3-6-18/h5,7-8,11-12,18H,3,6,9-10H2,1H3. The van der Waals surface area contributed by atoms with E-state index >= 15 is 0 Å². The summed E-state index contributed by atoms with van der Waals surface area (Å²) in [7, 11) is 1.82. The van der Waals surface area contributed by atoms with Gasteiger partial charge in [-0.1, -0.05) is 11.8 Å². The van der Waals surface area contributed by atoms with Crippen LogP contribution in [0.15, 0.2) is 28.3 Å². The lowest BCUT2D eigenvalue weighted by molar-refractivity contribution is -0.129. The van der Waals surface area contributed by atoms with Gasteiger partial charge in [0, 0.05) is 20.0 Å². The van der Waals surface area contributed by atoms with E-state index in [-0.39, 0.29) is 12.5 Å². The molecule has 3 nitrogen and oxygen atoms in total. The molecule has 5 heteroatoms. The van der Waals surface area contributed by atoms with E-state index in [9.17, 15) is 4.79 Å². The molecule has 0 unspecified atom stereocenters. The molecule has 0 saturated carbocycles. The van der Waals surface area contributed by atoms with Crippen molar-refractivity contribution >= 4 is 28.6 Å². The fraction of sp³-hybridized carbons (Fsp3) is 0.312. The quantitative estimate of drug-likeness (QED) is 0.861. The molecule has 0 spiro atoms. The zero-order chi connectivity index (χ0) is 15.1. The molecule has 0 fully saturated rings. The summed E-state index contributed by atoms with van der Waals surface area (Å²) in [5.74, 6) is 6.03. The van der Waals surface area contributed by atoms with Gasteiger partial charge in [0.05, 0.1) is 17.9 Å². The summed E-state index contributed by atoms with van der Waals surface area (Å²) in [5.41, 5.74) is 2.16. The lowest BCUT2D eigenvalue weighted by Crippen LogP contribution is -2.27. The Morgan fingerprint density at radius 3 is 2.95 bits per heavy atom. The summed E-state index contributed by atoms with van der Waals surface area (Å²) in [6.45, 7) is 0.687. The second-order valence-corrected chi connectivity index (χ2v) is 6.34. The van der Waals surface area contributed by atoms with E-state index in [0.717, 1.165) is 16.0 Å². The van der Waals surface area contributed by atoms with Gasteiger partial charge >= 0.3 is 0 Å². The van der Waals surface area contributed by atoms with Gasteiger partial charge in [0.2, 0.25) is 5.91 Å². The highest BCUT2D eigenvalue weighted by Gasteiger charge is 2.11. The zero-order valence-electron chi connectivity index (χ0n) is 11.8. The number of hydrogen-bond acceptors (Lipinski definition) is 4. The summed E-state index contributed by atoms with van der Waals surface area (Å²) in [5, 5.41) is 14.7. The number of amides is 1. The first-order valence-corrected chi connectivity index (χ1v) is 8.43. The van der Waals surface area contributed by atoms with Crippen molar-refractivity contribution in [2.75, 3.05) is 13.7 Å². The van der Waals surface area contributed by atoms with E-state index in [2.05, 4.69) is 11.8 Å². The molecule has 1 amide bonds. The summed E-state index contributed by atoms with van der Waals surface area (Å²) in [4.78, 5) is 14.8. The third kappa shape index (κ3) is 5.01. The monoisotopic (exact) mass is 319 g/mol. The van der Waals surface area contributed by atoms with Gasteiger partial charge in [0.25, 0.3) is 0 Å². The van der Waals surface area contributed by atoms with Crippen molar-refractivity contribution in [2.24, 2.45) is 0 Å². The molecule has 2 heterocycles. The minimum atomic E-state index is 0.0883. The maximum atomic E-state index is 12.1. The van der Waals surface area contributed by atoms with E-state index < -0.39 is 0 Å². The zero-order valence-corrected chi connectivity index (χ0v) is 13.5. The molecule has 21 heavy (non-hydrogen) atoms. The predicted octanol–water partition coefficient (Wildman–Crippen LogP) is 2.74. The number of aliphatic hydroxyl groups excluding tert-OH is 1. The normalized spacial score (nSPS) is 10.0. The van der Waals surface area contributed by atoms with Crippen LogP contribution >= 0.6 is 22.7 Å². The molecule has 0 saturated heterocycles. The van der Waals surface area contributed by atoms with Crippen LogP contribution in [0.5, 0.6) is 0 Å². The smallest absolute Gasteiger partial charge is 0.227 e. The van der Waals surface area contributed by atoms with Crippen molar-refractivity contribution in [3.63, 3.8) is 0 Å². The second kappa shape index (κ2) is 7.99. The van der Waals surface area contributed by atoms with Crippen LogP contribution in [0, 0.1) is 11.8 Å². The van der Waals surface area contributed by atoms with Crippen LogP contribution in [-0.2, 0) is 17.8 Å². The molecular formula is C16H17NO2S2. The van der Waals surface area contributed by atoms with Crippen LogP contribution < -0.4 is 0 Å². The van der Waals surface area contributed by atoms with Crippen molar-refractivity contribution in [3.8, 4) is 11.8 Å². The molecule has 0 atom stereocenters. The number of rotatable bonds is 5. The van der Waals surface area contributed by atoms with E-state index in [4.69, 9.17) is 5.11 Å². The highest BCUT2D eigenvalue weighted by molar-refractivity contribution is 7.10. The van der Waals surface area contributed by atoms with E-state index in [0.29, 0.717) is 19.4 Å². The Morgan fingerprint density at radius 1 is 1.38 bits per heavy atom. The molecule has 2 aromatic heterocycles. The van der Waals surface area contributed by atoms with Crippen LogP contribution in [0.25, 0.3) is 0 Å². The minimum Gasteiger partial charge on any atom is -0.395 e. The van der Waals surface area contributed by atoms with Gasteiger partial charge in [-0.2, -0.15) is 11.3 Å². The highest BCUT2D eigenvalue weighted by atomic mass is 32.1. The van der Waals surface area contributed by atoms with Crippen molar-refractivity contribution in [1.82, 2.24) is 4.90 Å². The third-order valence-corrected chi connectivity index (χ3v) is 4.51. The van der Waals surface area contributed by atoms with E-state index in [1.807, 2.05) is 35.3 Å². The van der Waals surface area contributed by atoms with Gasteiger partial charge < -0.3 is 10.0 Å². The van der Waals surface area contributed by atoms with Crippen LogP contribution in [0.4, 0.5) is 0 Å². The number of carbonyl (C=O) groups is 1. The van der Waals surface area contributed by atoms with Crippen molar-refractivity contribution < 1.29 is 9.90 Å².